The highest BCUT2D eigenvalue weighted by Crippen LogP contribution is 2.53. The molecule has 13 N–H and O–H groups in total. The lowest BCUT2D eigenvalue weighted by atomic mass is 9.92. The average Bonchev–Trinajstić information content (AvgIpc) is 3.16. The summed E-state index contributed by atoms with van der Waals surface area (Å²) in [4.78, 5) is 54.0. The molecule has 2 heterocycles. The molecule has 5 atom stereocenters. The zero-order chi connectivity index (χ0) is 41.1. The van der Waals surface area contributed by atoms with Gasteiger partial charge in [-0.25, -0.2) is 19.2 Å². The first-order chi connectivity index (χ1) is 26.3. The summed E-state index contributed by atoms with van der Waals surface area (Å²) >= 11 is 0. The van der Waals surface area contributed by atoms with Crippen molar-refractivity contribution < 1.29 is 109 Å². The van der Waals surface area contributed by atoms with Crippen LogP contribution in [0.25, 0.3) is 11.1 Å². The number of carbonyl (C=O) groups excluding carboxylic acids is 4. The van der Waals surface area contributed by atoms with Crippen molar-refractivity contribution in [3.8, 4) is 80.1 Å². The normalized spacial score (nSPS) is 20.6. The minimum atomic E-state index is -2.42. The zero-order valence-corrected chi connectivity index (χ0v) is 27.5. The Hall–Kier alpha value is -7.72. The Morgan fingerprint density at radius 3 is 1.43 bits per heavy atom. The van der Waals surface area contributed by atoms with Gasteiger partial charge in [0, 0.05) is 11.1 Å². The molecule has 2 aliphatic rings. The molecule has 0 aliphatic carbocycles. The molecule has 22 heteroatoms. The maximum atomic E-state index is 14.0. The van der Waals surface area contributed by atoms with E-state index in [-0.39, 0.29) is 0 Å². The number of rotatable bonds is 4. The van der Waals surface area contributed by atoms with Gasteiger partial charge in [0.1, 0.15) is 12.7 Å². The second-order valence-corrected chi connectivity index (χ2v) is 12.0. The lowest BCUT2D eigenvalue weighted by molar-refractivity contribution is -0.283. The van der Waals surface area contributed by atoms with Crippen LogP contribution < -0.4 is 0 Å². The predicted octanol–water partition coefficient (Wildman–Crippen LogP) is 0.685. The summed E-state index contributed by atoms with van der Waals surface area (Å²) in [5, 5.41) is 133. The Morgan fingerprint density at radius 2 is 0.964 bits per heavy atom. The van der Waals surface area contributed by atoms with E-state index in [1.165, 1.54) is 0 Å². The van der Waals surface area contributed by atoms with Crippen molar-refractivity contribution in [2.75, 3.05) is 6.61 Å². The lowest BCUT2D eigenvalue weighted by Gasteiger charge is -2.42. The van der Waals surface area contributed by atoms with Crippen LogP contribution in [0.4, 0.5) is 0 Å². The summed E-state index contributed by atoms with van der Waals surface area (Å²) in [6.07, 6.45) is -11.2. The molecule has 0 saturated carbocycles. The molecule has 294 valence electrons. The van der Waals surface area contributed by atoms with E-state index in [0.29, 0.717) is 36.4 Å². The van der Waals surface area contributed by atoms with Crippen molar-refractivity contribution in [1.29, 1.82) is 0 Å². The molecule has 0 aromatic heterocycles. The van der Waals surface area contributed by atoms with Gasteiger partial charge in [0.25, 0.3) is 0 Å². The predicted molar refractivity (Wildman–Crippen MR) is 174 cm³/mol. The molecule has 4 aromatic rings. The molecule has 56 heavy (non-hydrogen) atoms. The molecular weight excluding hydrogens is 760 g/mol. The van der Waals surface area contributed by atoms with Crippen LogP contribution in [0.2, 0.25) is 0 Å². The highest BCUT2D eigenvalue weighted by Gasteiger charge is 2.53. The summed E-state index contributed by atoms with van der Waals surface area (Å²) in [5.74, 6) is -20.0. The van der Waals surface area contributed by atoms with Crippen LogP contribution >= 0.6 is 0 Å². The second kappa shape index (κ2) is 13.9. The Balaban J connectivity index is 1.49. The van der Waals surface area contributed by atoms with Crippen molar-refractivity contribution >= 4 is 23.9 Å². The molecule has 6 rings (SSSR count). The Labute approximate surface area is 309 Å². The van der Waals surface area contributed by atoms with Gasteiger partial charge in [0.15, 0.2) is 75.8 Å². The molecule has 0 bridgehead atoms. The summed E-state index contributed by atoms with van der Waals surface area (Å²) in [5.41, 5.74) is -5.21. The maximum absolute atomic E-state index is 14.0. The number of aliphatic hydroxyl groups is 1. The highest BCUT2D eigenvalue weighted by atomic mass is 16.7. The van der Waals surface area contributed by atoms with Gasteiger partial charge < -0.3 is 90.1 Å². The van der Waals surface area contributed by atoms with Crippen molar-refractivity contribution in [1.82, 2.24) is 0 Å². The third kappa shape index (κ3) is 6.45. The zero-order valence-electron chi connectivity index (χ0n) is 27.5. The van der Waals surface area contributed by atoms with Crippen molar-refractivity contribution in [3.63, 3.8) is 0 Å². The Bertz CT molecular complexity index is 2290. The number of hydrogen-bond acceptors (Lipinski definition) is 22. The summed E-state index contributed by atoms with van der Waals surface area (Å²) in [7, 11) is 0. The van der Waals surface area contributed by atoms with Crippen LogP contribution in [0.5, 0.6) is 69.0 Å². The quantitative estimate of drug-likeness (QED) is 0.0768. The highest BCUT2D eigenvalue weighted by molar-refractivity contribution is 6.08. The molecule has 0 spiro atoms. The van der Waals surface area contributed by atoms with Crippen LogP contribution in [0.1, 0.15) is 41.4 Å². The summed E-state index contributed by atoms with van der Waals surface area (Å²) in [6, 6.07) is 3.47. The van der Waals surface area contributed by atoms with E-state index in [1.54, 1.807) is 0 Å². The Kier molecular flexibility index (Phi) is 9.45. The van der Waals surface area contributed by atoms with Gasteiger partial charge in [-0.2, -0.15) is 0 Å². The molecule has 0 amide bonds. The van der Waals surface area contributed by atoms with Gasteiger partial charge in [0.05, 0.1) is 22.3 Å². The van der Waals surface area contributed by atoms with Gasteiger partial charge in [-0.05, 0) is 36.4 Å². The van der Waals surface area contributed by atoms with Crippen LogP contribution in [0.3, 0.4) is 0 Å². The minimum Gasteiger partial charge on any atom is -0.504 e. The average molecular weight is 787 g/mol. The third-order valence-electron chi connectivity index (χ3n) is 8.51. The first-order valence-electron chi connectivity index (χ1n) is 15.5. The van der Waals surface area contributed by atoms with E-state index in [4.69, 9.17) is 23.7 Å². The fraction of sp³-hybridized carbons (Fsp3) is 0.176. The van der Waals surface area contributed by atoms with Crippen LogP contribution in [-0.4, -0.2) is 128 Å². The van der Waals surface area contributed by atoms with E-state index < -0.39 is 164 Å². The van der Waals surface area contributed by atoms with Gasteiger partial charge in [0.2, 0.25) is 17.8 Å². The summed E-state index contributed by atoms with van der Waals surface area (Å²) in [6.45, 7) is -1.12. The molecule has 1 fully saturated rings. The Morgan fingerprint density at radius 1 is 0.554 bits per heavy atom. The number of esters is 4. The van der Waals surface area contributed by atoms with Crippen LogP contribution in [0.15, 0.2) is 36.4 Å². The molecule has 5 unspecified atom stereocenters. The van der Waals surface area contributed by atoms with E-state index in [9.17, 15) is 85.6 Å². The number of hydrogen-bond donors (Lipinski definition) is 13. The smallest absolute Gasteiger partial charge is 0.340 e. The molecule has 2 aliphatic heterocycles. The first kappa shape index (κ1) is 38.0. The molecule has 1 saturated heterocycles. The SMILES string of the molecule is O=C(OC1OC2COC(=O)c3cc(O)c(O)c(O)c3-c3c(cc(O)c(O)c3O)C(=O)OC2C(OC(=O)c2cc(O)c(O)c(O)c2)C1O)c1cc(O)c(O)c(O)c1. The number of phenols is 12. The number of benzene rings is 4. The molecule has 22 nitrogen and oxygen atoms in total. The number of phenolic OH excluding ortho intramolecular Hbond substituents is 12. The van der Waals surface area contributed by atoms with Gasteiger partial charge >= 0.3 is 23.9 Å². The second-order valence-electron chi connectivity index (χ2n) is 12.0. The van der Waals surface area contributed by atoms with E-state index in [2.05, 4.69) is 0 Å². The lowest BCUT2D eigenvalue weighted by Crippen LogP contribution is -2.62. The monoisotopic (exact) mass is 786 g/mol. The summed E-state index contributed by atoms with van der Waals surface area (Å²) < 4.78 is 27.0. The van der Waals surface area contributed by atoms with E-state index >= 15 is 0 Å². The van der Waals surface area contributed by atoms with E-state index in [1.807, 2.05) is 0 Å². The number of fused-ring (bicyclic) bond motifs is 4. The van der Waals surface area contributed by atoms with Gasteiger partial charge in [-0.15, -0.1) is 0 Å². The molecule has 0 radical (unpaired) electrons. The van der Waals surface area contributed by atoms with Gasteiger partial charge in [-0.1, -0.05) is 0 Å². The topological polar surface area (TPSA) is 377 Å². The number of aromatic hydroxyl groups is 12. The molecular formula is C34H26O22. The third-order valence-corrected chi connectivity index (χ3v) is 8.51. The van der Waals surface area contributed by atoms with Crippen LogP contribution in [-0.2, 0) is 23.7 Å². The first-order valence-corrected chi connectivity index (χ1v) is 15.5. The fourth-order valence-corrected chi connectivity index (χ4v) is 5.75. The number of cyclic esters (lactones) is 1. The number of ether oxygens (including phenoxy) is 5. The maximum Gasteiger partial charge on any atom is 0.340 e. The number of aliphatic hydroxyl groups excluding tert-OH is 1. The minimum absolute atomic E-state index is 0.467. The largest absolute Gasteiger partial charge is 0.504 e. The van der Waals surface area contributed by atoms with Gasteiger partial charge in [-0.3, -0.25) is 0 Å². The van der Waals surface area contributed by atoms with Crippen LogP contribution in [0, 0.1) is 0 Å². The van der Waals surface area contributed by atoms with E-state index in [0.717, 1.165) is 0 Å². The van der Waals surface area contributed by atoms with Crippen molar-refractivity contribution in [3.05, 3.63) is 58.7 Å². The standard InChI is InChI=1S/C34H26O22/c35-12-1-8(2-13(36)21(12)41)30(48)55-29-27(47)34(56-31(49)9-3-14(37)22(42)15(38)4-9)53-18-7-52-32(50)10-5-16(39)23(43)25(45)19(10)20-11(33(51)54-28(18)29)6-17(40)24(44)26(20)46/h1-6,18,27-29,34-47H,7H2. The molecule has 4 aromatic carbocycles. The number of carbonyl (C=O) groups is 4. The van der Waals surface area contributed by atoms with Crippen molar-refractivity contribution in [2.45, 2.75) is 30.7 Å². The van der Waals surface area contributed by atoms with Crippen molar-refractivity contribution in [2.24, 2.45) is 0 Å². The fourth-order valence-electron chi connectivity index (χ4n) is 5.75.